The van der Waals surface area contributed by atoms with Crippen LogP contribution in [0.25, 0.3) is 0 Å². The van der Waals surface area contributed by atoms with Crippen molar-refractivity contribution < 1.29 is 9.53 Å². The highest BCUT2D eigenvalue weighted by molar-refractivity contribution is 7.80. The third kappa shape index (κ3) is 7.31. The predicted molar refractivity (Wildman–Crippen MR) is 94.4 cm³/mol. The molecule has 22 heavy (non-hydrogen) atoms. The molecule has 1 aliphatic rings. The lowest BCUT2D eigenvalue weighted by molar-refractivity contribution is -0.124. The molecule has 1 unspecified atom stereocenters. The van der Waals surface area contributed by atoms with Crippen LogP contribution in [0.1, 0.15) is 41.0 Å². The molecule has 1 saturated heterocycles. The molecule has 1 amide bonds. The van der Waals surface area contributed by atoms with Gasteiger partial charge in [-0.15, -0.1) is 12.6 Å². The molecule has 1 aliphatic heterocycles. The van der Waals surface area contributed by atoms with Crippen LogP contribution in [0.5, 0.6) is 0 Å². The number of nitrogens with zero attached hydrogens (tertiary/aromatic N) is 2. The minimum absolute atomic E-state index is 0.00849. The van der Waals surface area contributed by atoms with Crippen molar-refractivity contribution in [1.82, 2.24) is 15.1 Å². The molecule has 0 spiro atoms. The number of piperazine rings is 1. The lowest BCUT2D eigenvalue weighted by Crippen LogP contribution is -2.59. The molecular weight excluding hydrogens is 298 g/mol. The van der Waals surface area contributed by atoms with Gasteiger partial charge in [0.2, 0.25) is 5.91 Å². The molecule has 1 rings (SSSR count). The maximum Gasteiger partial charge on any atom is 0.234 e. The molecule has 0 aliphatic carbocycles. The van der Waals surface area contributed by atoms with Gasteiger partial charge in [-0.25, -0.2) is 0 Å². The number of ether oxygens (including phenoxy) is 1. The van der Waals surface area contributed by atoms with Crippen LogP contribution >= 0.6 is 12.6 Å². The fourth-order valence-corrected chi connectivity index (χ4v) is 3.14. The maximum atomic E-state index is 12.0. The molecule has 1 N–H and O–H groups in total. The van der Waals surface area contributed by atoms with Crippen molar-refractivity contribution in [2.24, 2.45) is 0 Å². The average Bonchev–Trinajstić information content (AvgIpc) is 2.38. The highest BCUT2D eigenvalue weighted by atomic mass is 32.1. The predicted octanol–water partition coefficient (Wildman–Crippen LogP) is 1.59. The zero-order chi connectivity index (χ0) is 16.7. The molecule has 6 heteroatoms. The van der Waals surface area contributed by atoms with Crippen LogP contribution in [0.3, 0.4) is 0 Å². The van der Waals surface area contributed by atoms with E-state index < -0.39 is 0 Å². The third-order valence-electron chi connectivity index (χ3n) is 3.93. The molecule has 0 radical (unpaired) electrons. The van der Waals surface area contributed by atoms with E-state index in [1.54, 1.807) is 0 Å². The smallest absolute Gasteiger partial charge is 0.234 e. The van der Waals surface area contributed by atoms with Crippen molar-refractivity contribution >= 4 is 18.5 Å². The topological polar surface area (TPSA) is 44.8 Å². The Hall–Kier alpha value is -0.300. The molecule has 0 saturated carbocycles. The molecule has 3 atom stereocenters. The van der Waals surface area contributed by atoms with Crippen molar-refractivity contribution in [3.63, 3.8) is 0 Å². The summed E-state index contributed by atoms with van der Waals surface area (Å²) in [6.07, 6.45) is 1.03. The van der Waals surface area contributed by atoms with E-state index in [1.807, 2.05) is 20.8 Å². The number of hydrogen-bond donors (Lipinski definition) is 2. The molecule has 1 heterocycles. The van der Waals surface area contributed by atoms with Crippen molar-refractivity contribution in [3.05, 3.63) is 0 Å². The van der Waals surface area contributed by atoms with Gasteiger partial charge in [-0.05, 0) is 41.0 Å². The summed E-state index contributed by atoms with van der Waals surface area (Å²) in [6, 6.07) is 0.992. The Balaban J connectivity index is 2.36. The van der Waals surface area contributed by atoms with Crippen LogP contribution in [-0.4, -0.2) is 72.1 Å². The number of carbonyl (C=O) groups excluding carboxylic acids is 1. The lowest BCUT2D eigenvalue weighted by atomic mass is 10.1. The summed E-state index contributed by atoms with van der Waals surface area (Å²) in [5, 5.41) is 2.98. The van der Waals surface area contributed by atoms with Gasteiger partial charge < -0.3 is 15.0 Å². The second-order valence-electron chi connectivity index (χ2n) is 6.68. The van der Waals surface area contributed by atoms with Crippen LogP contribution in [0.2, 0.25) is 0 Å². The molecule has 1 fully saturated rings. The second-order valence-corrected chi connectivity index (χ2v) is 7.40. The Morgan fingerprint density at radius 2 is 1.86 bits per heavy atom. The molecule has 0 aromatic rings. The lowest BCUT2D eigenvalue weighted by Gasteiger charge is -2.44. The van der Waals surface area contributed by atoms with Gasteiger partial charge in [0, 0.05) is 44.4 Å². The first-order valence-electron chi connectivity index (χ1n) is 8.36. The normalized spacial score (nSPS) is 25.4. The standard InChI is InChI=1S/C16H33N3O2S/c1-12(2)17-16(20)11-19-13(3)9-18(10-14(19)4)7-6-8-21-15(5)22/h12-15,22H,6-11H2,1-5H3,(H,17,20)/t13-,14+,15?. The maximum absolute atomic E-state index is 12.0. The van der Waals surface area contributed by atoms with Crippen LogP contribution in [0.15, 0.2) is 0 Å². The van der Waals surface area contributed by atoms with Gasteiger partial charge in [0.25, 0.3) is 0 Å². The summed E-state index contributed by atoms with van der Waals surface area (Å²) in [5.41, 5.74) is 0.00849. The van der Waals surface area contributed by atoms with Crippen LogP contribution in [0.4, 0.5) is 0 Å². The number of rotatable bonds is 8. The first-order valence-corrected chi connectivity index (χ1v) is 8.88. The van der Waals surface area contributed by atoms with Crippen molar-refractivity contribution in [2.75, 3.05) is 32.8 Å². The third-order valence-corrected chi connectivity index (χ3v) is 4.08. The molecule has 0 aromatic carbocycles. The average molecular weight is 332 g/mol. The van der Waals surface area contributed by atoms with E-state index in [0.29, 0.717) is 18.6 Å². The summed E-state index contributed by atoms with van der Waals surface area (Å²) in [6.45, 7) is 14.7. The van der Waals surface area contributed by atoms with Crippen molar-refractivity contribution in [1.29, 1.82) is 0 Å². The largest absolute Gasteiger partial charge is 0.368 e. The Kier molecular flexibility index (Phi) is 8.75. The fourth-order valence-electron chi connectivity index (χ4n) is 3.04. The number of amides is 1. The highest BCUT2D eigenvalue weighted by Crippen LogP contribution is 2.15. The monoisotopic (exact) mass is 331 g/mol. The SMILES string of the molecule is CC(C)NC(=O)CN1[C@H](C)CN(CCCOC(C)S)C[C@@H]1C. The number of hydrogen-bond acceptors (Lipinski definition) is 5. The van der Waals surface area contributed by atoms with E-state index in [4.69, 9.17) is 4.74 Å². The molecule has 0 aromatic heterocycles. The van der Waals surface area contributed by atoms with E-state index >= 15 is 0 Å². The number of carbonyl (C=O) groups is 1. The summed E-state index contributed by atoms with van der Waals surface area (Å²) < 4.78 is 5.47. The Morgan fingerprint density at radius 1 is 1.27 bits per heavy atom. The molecule has 5 nitrogen and oxygen atoms in total. The van der Waals surface area contributed by atoms with E-state index in [-0.39, 0.29) is 17.4 Å². The van der Waals surface area contributed by atoms with Crippen molar-refractivity contribution in [2.45, 2.75) is 64.6 Å². The zero-order valence-corrected chi connectivity index (χ0v) is 15.6. The van der Waals surface area contributed by atoms with Crippen LogP contribution < -0.4 is 5.32 Å². The summed E-state index contributed by atoms with van der Waals surface area (Å²) in [7, 11) is 0. The van der Waals surface area contributed by atoms with E-state index in [1.165, 1.54) is 0 Å². The van der Waals surface area contributed by atoms with Crippen LogP contribution in [-0.2, 0) is 9.53 Å². The summed E-state index contributed by atoms with van der Waals surface area (Å²) >= 11 is 4.21. The second kappa shape index (κ2) is 9.75. The van der Waals surface area contributed by atoms with Gasteiger partial charge in [-0.1, -0.05) is 0 Å². The van der Waals surface area contributed by atoms with Gasteiger partial charge in [-0.3, -0.25) is 9.69 Å². The first kappa shape index (κ1) is 19.7. The van der Waals surface area contributed by atoms with Gasteiger partial charge >= 0.3 is 0 Å². The van der Waals surface area contributed by atoms with E-state index in [9.17, 15) is 4.79 Å². The molecule has 130 valence electrons. The van der Waals surface area contributed by atoms with Gasteiger partial charge in [0.15, 0.2) is 0 Å². The van der Waals surface area contributed by atoms with Gasteiger partial charge in [0.1, 0.15) is 0 Å². The highest BCUT2D eigenvalue weighted by Gasteiger charge is 2.30. The summed E-state index contributed by atoms with van der Waals surface area (Å²) in [5.74, 6) is 0.123. The molecule has 0 bridgehead atoms. The molecular formula is C16H33N3O2S. The minimum Gasteiger partial charge on any atom is -0.368 e. The number of thiol groups is 1. The van der Waals surface area contributed by atoms with E-state index in [2.05, 4.69) is 41.6 Å². The zero-order valence-electron chi connectivity index (χ0n) is 14.7. The Labute approximate surface area is 141 Å². The van der Waals surface area contributed by atoms with E-state index in [0.717, 1.165) is 32.7 Å². The van der Waals surface area contributed by atoms with Gasteiger partial charge in [-0.2, -0.15) is 0 Å². The first-order chi connectivity index (χ1) is 10.3. The summed E-state index contributed by atoms with van der Waals surface area (Å²) in [4.78, 5) is 16.8. The van der Waals surface area contributed by atoms with Crippen LogP contribution in [0, 0.1) is 0 Å². The van der Waals surface area contributed by atoms with Gasteiger partial charge in [0.05, 0.1) is 12.0 Å². The van der Waals surface area contributed by atoms with Crippen molar-refractivity contribution in [3.8, 4) is 0 Å². The Morgan fingerprint density at radius 3 is 2.36 bits per heavy atom. The number of nitrogens with one attached hydrogen (secondary N) is 1. The minimum atomic E-state index is 0.00849. The quantitative estimate of drug-likeness (QED) is 0.403. The Bertz CT molecular complexity index is 327. The fraction of sp³-hybridized carbons (Fsp3) is 0.938.